The number of carbonyl (C=O) groups is 1. The highest BCUT2D eigenvalue weighted by Crippen LogP contribution is 2.14. The zero-order valence-electron chi connectivity index (χ0n) is 9.56. The standard InChI is InChI=1S/C10H20N2O3/c1-7-4-12(6-10(2,3)14)5-8(15-7)9(11)13/h7-8,14H,4-6H2,1-3H3,(H2,11,13)/t7-,8?/m1/s1. The summed E-state index contributed by atoms with van der Waals surface area (Å²) < 4.78 is 5.39. The predicted molar refractivity (Wildman–Crippen MR) is 56.3 cm³/mol. The van der Waals surface area contributed by atoms with Gasteiger partial charge in [-0.05, 0) is 20.8 Å². The van der Waals surface area contributed by atoms with Crippen LogP contribution in [0.15, 0.2) is 0 Å². The summed E-state index contributed by atoms with van der Waals surface area (Å²) >= 11 is 0. The lowest BCUT2D eigenvalue weighted by Crippen LogP contribution is -2.54. The van der Waals surface area contributed by atoms with E-state index < -0.39 is 17.6 Å². The minimum absolute atomic E-state index is 0.0291. The molecule has 0 aromatic heterocycles. The Morgan fingerprint density at radius 2 is 2.20 bits per heavy atom. The van der Waals surface area contributed by atoms with Gasteiger partial charge in [0.25, 0.3) is 0 Å². The Bertz CT molecular complexity index is 237. The zero-order chi connectivity index (χ0) is 11.6. The lowest BCUT2D eigenvalue weighted by Gasteiger charge is -2.38. The van der Waals surface area contributed by atoms with Crippen LogP contribution >= 0.6 is 0 Å². The lowest BCUT2D eigenvalue weighted by atomic mass is 10.1. The minimum atomic E-state index is -0.765. The van der Waals surface area contributed by atoms with Crippen LogP contribution in [0.25, 0.3) is 0 Å². The summed E-state index contributed by atoms with van der Waals surface area (Å²) in [5, 5.41) is 9.68. The zero-order valence-corrected chi connectivity index (χ0v) is 9.56. The van der Waals surface area contributed by atoms with Crippen LogP contribution in [-0.4, -0.2) is 53.4 Å². The van der Waals surface area contributed by atoms with Crippen molar-refractivity contribution >= 4 is 5.91 Å². The van der Waals surface area contributed by atoms with Gasteiger partial charge in [-0.15, -0.1) is 0 Å². The Morgan fingerprint density at radius 1 is 1.60 bits per heavy atom. The molecule has 1 saturated heterocycles. The number of ether oxygens (including phenoxy) is 1. The highest BCUT2D eigenvalue weighted by Gasteiger charge is 2.31. The molecular formula is C10H20N2O3. The fourth-order valence-electron chi connectivity index (χ4n) is 1.87. The van der Waals surface area contributed by atoms with Crippen molar-refractivity contribution in [3.05, 3.63) is 0 Å². The van der Waals surface area contributed by atoms with Gasteiger partial charge in [-0.25, -0.2) is 0 Å². The average molecular weight is 216 g/mol. The molecule has 15 heavy (non-hydrogen) atoms. The number of carbonyl (C=O) groups excluding carboxylic acids is 1. The predicted octanol–water partition coefficient (Wildman–Crippen LogP) is -0.668. The summed E-state index contributed by atoms with van der Waals surface area (Å²) in [4.78, 5) is 13.0. The molecule has 0 spiro atoms. The van der Waals surface area contributed by atoms with Crippen molar-refractivity contribution in [1.29, 1.82) is 0 Å². The fraction of sp³-hybridized carbons (Fsp3) is 0.900. The van der Waals surface area contributed by atoms with Crippen LogP contribution in [0.3, 0.4) is 0 Å². The number of nitrogens with two attached hydrogens (primary N) is 1. The molecule has 1 amide bonds. The number of hydrogen-bond acceptors (Lipinski definition) is 4. The summed E-state index contributed by atoms with van der Waals surface area (Å²) in [6.07, 6.45) is -0.588. The maximum atomic E-state index is 11.0. The van der Waals surface area contributed by atoms with Crippen LogP contribution in [0, 0.1) is 0 Å². The molecule has 1 unspecified atom stereocenters. The van der Waals surface area contributed by atoms with Crippen molar-refractivity contribution < 1.29 is 14.6 Å². The maximum Gasteiger partial charge on any atom is 0.247 e. The first-order chi connectivity index (χ1) is 6.78. The number of aliphatic hydroxyl groups is 1. The van der Waals surface area contributed by atoms with Crippen LogP contribution in [0.4, 0.5) is 0 Å². The highest BCUT2D eigenvalue weighted by molar-refractivity contribution is 5.79. The highest BCUT2D eigenvalue weighted by atomic mass is 16.5. The molecule has 1 heterocycles. The van der Waals surface area contributed by atoms with E-state index in [1.807, 2.05) is 11.8 Å². The quantitative estimate of drug-likeness (QED) is 0.656. The molecule has 0 aromatic rings. The molecule has 1 aliphatic rings. The van der Waals surface area contributed by atoms with Gasteiger partial charge in [0.05, 0.1) is 11.7 Å². The number of morpholine rings is 1. The van der Waals surface area contributed by atoms with Gasteiger partial charge >= 0.3 is 0 Å². The summed E-state index contributed by atoms with van der Waals surface area (Å²) in [6, 6.07) is 0. The van der Waals surface area contributed by atoms with E-state index in [-0.39, 0.29) is 6.10 Å². The van der Waals surface area contributed by atoms with Gasteiger partial charge in [0.2, 0.25) is 5.91 Å². The molecule has 3 N–H and O–H groups in total. The van der Waals surface area contributed by atoms with Crippen LogP contribution < -0.4 is 5.73 Å². The summed E-state index contributed by atoms with van der Waals surface area (Å²) in [6.45, 7) is 7.08. The molecule has 88 valence electrons. The monoisotopic (exact) mass is 216 g/mol. The van der Waals surface area contributed by atoms with E-state index in [9.17, 15) is 9.90 Å². The lowest BCUT2D eigenvalue weighted by molar-refractivity contribution is -0.144. The van der Waals surface area contributed by atoms with Crippen molar-refractivity contribution in [1.82, 2.24) is 4.90 Å². The second-order valence-electron chi connectivity index (χ2n) is 4.84. The molecule has 1 fully saturated rings. The molecule has 2 atom stereocenters. The molecule has 0 aliphatic carbocycles. The third kappa shape index (κ3) is 4.15. The first kappa shape index (κ1) is 12.4. The molecule has 5 nitrogen and oxygen atoms in total. The Hall–Kier alpha value is -0.650. The van der Waals surface area contributed by atoms with Crippen molar-refractivity contribution in [2.75, 3.05) is 19.6 Å². The smallest absolute Gasteiger partial charge is 0.247 e. The Kier molecular flexibility index (Phi) is 3.70. The molecule has 0 saturated carbocycles. The van der Waals surface area contributed by atoms with Crippen LogP contribution in [-0.2, 0) is 9.53 Å². The van der Waals surface area contributed by atoms with E-state index in [0.29, 0.717) is 19.6 Å². The topological polar surface area (TPSA) is 75.8 Å². The summed E-state index contributed by atoms with van der Waals surface area (Å²) in [7, 11) is 0. The van der Waals surface area contributed by atoms with Crippen molar-refractivity contribution in [2.45, 2.75) is 38.6 Å². The SMILES string of the molecule is C[C@@H]1CN(CC(C)(C)O)CC(C(N)=O)O1. The van der Waals surface area contributed by atoms with E-state index in [0.717, 1.165) is 0 Å². The third-order valence-corrected chi connectivity index (χ3v) is 2.26. The molecule has 0 aromatic carbocycles. The van der Waals surface area contributed by atoms with Crippen molar-refractivity contribution in [3.8, 4) is 0 Å². The Labute approximate surface area is 90.2 Å². The number of hydrogen-bond donors (Lipinski definition) is 2. The molecule has 5 heteroatoms. The number of β-amino-alcohol motifs (C(OH)–C–C–N with tert-alkyl or cyclic N) is 1. The fourth-order valence-corrected chi connectivity index (χ4v) is 1.87. The van der Waals surface area contributed by atoms with Gasteiger partial charge in [0.1, 0.15) is 6.10 Å². The van der Waals surface area contributed by atoms with E-state index in [1.54, 1.807) is 13.8 Å². The summed E-state index contributed by atoms with van der Waals surface area (Å²) in [5.74, 6) is -0.442. The maximum absolute atomic E-state index is 11.0. The minimum Gasteiger partial charge on any atom is -0.389 e. The van der Waals surface area contributed by atoms with Crippen LogP contribution in [0.5, 0.6) is 0 Å². The molecule has 1 rings (SSSR count). The van der Waals surface area contributed by atoms with Crippen molar-refractivity contribution in [3.63, 3.8) is 0 Å². The summed E-state index contributed by atoms with van der Waals surface area (Å²) in [5.41, 5.74) is 4.44. The van der Waals surface area contributed by atoms with E-state index in [2.05, 4.69) is 0 Å². The number of nitrogens with zero attached hydrogens (tertiary/aromatic N) is 1. The van der Waals surface area contributed by atoms with Crippen molar-refractivity contribution in [2.24, 2.45) is 5.73 Å². The van der Waals surface area contributed by atoms with E-state index >= 15 is 0 Å². The number of primary amides is 1. The Morgan fingerprint density at radius 3 is 2.67 bits per heavy atom. The molecule has 0 radical (unpaired) electrons. The third-order valence-electron chi connectivity index (χ3n) is 2.26. The van der Waals surface area contributed by atoms with Gasteiger partial charge in [0.15, 0.2) is 0 Å². The normalized spacial score (nSPS) is 29.1. The van der Waals surface area contributed by atoms with Crippen LogP contribution in [0.2, 0.25) is 0 Å². The Balaban J connectivity index is 2.56. The molecular weight excluding hydrogens is 196 g/mol. The van der Waals surface area contributed by atoms with Gasteiger partial charge in [0, 0.05) is 19.6 Å². The van der Waals surface area contributed by atoms with Crippen LogP contribution in [0.1, 0.15) is 20.8 Å². The molecule has 1 aliphatic heterocycles. The van der Waals surface area contributed by atoms with Gasteiger partial charge in [-0.3, -0.25) is 9.69 Å². The van der Waals surface area contributed by atoms with E-state index in [4.69, 9.17) is 10.5 Å². The number of rotatable bonds is 3. The second kappa shape index (κ2) is 4.47. The van der Waals surface area contributed by atoms with Gasteiger partial charge < -0.3 is 15.6 Å². The molecule has 0 bridgehead atoms. The van der Waals surface area contributed by atoms with Gasteiger partial charge in [-0.2, -0.15) is 0 Å². The second-order valence-corrected chi connectivity index (χ2v) is 4.84. The van der Waals surface area contributed by atoms with E-state index in [1.165, 1.54) is 0 Å². The van der Waals surface area contributed by atoms with Gasteiger partial charge in [-0.1, -0.05) is 0 Å². The number of amides is 1. The largest absolute Gasteiger partial charge is 0.389 e. The first-order valence-electron chi connectivity index (χ1n) is 5.17. The average Bonchev–Trinajstić information content (AvgIpc) is 1.99. The first-order valence-corrected chi connectivity index (χ1v) is 5.17.